The van der Waals surface area contributed by atoms with Gasteiger partial charge in [0, 0.05) is 56.0 Å². The van der Waals surface area contributed by atoms with Crippen molar-refractivity contribution < 1.29 is 23.9 Å². The molecule has 0 radical (unpaired) electrons. The summed E-state index contributed by atoms with van der Waals surface area (Å²) in [6.45, 7) is 5.22. The molecule has 4 rings (SSSR count). The number of fused-ring (bicyclic) bond motifs is 1. The van der Waals surface area contributed by atoms with Gasteiger partial charge in [-0.25, -0.2) is 4.98 Å². The van der Waals surface area contributed by atoms with E-state index >= 15 is 0 Å². The summed E-state index contributed by atoms with van der Waals surface area (Å²) in [6, 6.07) is 5.70. The van der Waals surface area contributed by atoms with Crippen molar-refractivity contribution in [1.29, 1.82) is 0 Å². The Morgan fingerprint density at radius 1 is 1.23 bits per heavy atom. The highest BCUT2D eigenvalue weighted by Crippen LogP contribution is 2.27. The van der Waals surface area contributed by atoms with E-state index in [-0.39, 0.29) is 30.0 Å². The lowest BCUT2D eigenvalue weighted by atomic mass is 10.1. The quantitative estimate of drug-likeness (QED) is 0.512. The van der Waals surface area contributed by atoms with Crippen molar-refractivity contribution in [3.63, 3.8) is 0 Å². The maximum Gasteiger partial charge on any atom is 0.268 e. The van der Waals surface area contributed by atoms with Crippen LogP contribution in [0.2, 0.25) is 0 Å². The van der Waals surface area contributed by atoms with Crippen LogP contribution in [0.1, 0.15) is 37.6 Å². The summed E-state index contributed by atoms with van der Waals surface area (Å²) < 4.78 is 12.4. The second-order valence-corrected chi connectivity index (χ2v) is 8.85. The summed E-state index contributed by atoms with van der Waals surface area (Å²) in [4.78, 5) is 58.4. The Morgan fingerprint density at radius 3 is 2.66 bits per heavy atom. The predicted molar refractivity (Wildman–Crippen MR) is 127 cm³/mol. The molecule has 2 amide bonds. The molecule has 184 valence electrons. The third-order valence-electron chi connectivity index (χ3n) is 5.99. The van der Waals surface area contributed by atoms with Crippen LogP contribution in [0.15, 0.2) is 47.8 Å². The fourth-order valence-electron chi connectivity index (χ4n) is 4.12. The minimum absolute atomic E-state index is 0.0572. The molecule has 2 unspecified atom stereocenters. The fraction of sp³-hybridized carbons (Fsp3) is 0.375. The molecule has 2 N–H and O–H groups in total. The van der Waals surface area contributed by atoms with Crippen molar-refractivity contribution in [3.8, 4) is 0 Å². The van der Waals surface area contributed by atoms with Crippen LogP contribution in [-0.4, -0.2) is 68.7 Å². The minimum Gasteiger partial charge on any atom is -0.354 e. The Kier molecular flexibility index (Phi) is 6.55. The molecule has 0 saturated carbocycles. The van der Waals surface area contributed by atoms with E-state index in [4.69, 9.17) is 9.47 Å². The van der Waals surface area contributed by atoms with Gasteiger partial charge in [-0.3, -0.25) is 23.7 Å². The van der Waals surface area contributed by atoms with Gasteiger partial charge in [0.2, 0.25) is 11.8 Å². The summed E-state index contributed by atoms with van der Waals surface area (Å²) in [5, 5.41) is 3.40. The first-order valence-corrected chi connectivity index (χ1v) is 11.1. The number of H-pyrrole nitrogens is 1. The highest BCUT2D eigenvalue weighted by molar-refractivity contribution is 6.01. The van der Waals surface area contributed by atoms with E-state index in [1.54, 1.807) is 32.0 Å². The number of ether oxygens (including phenoxy) is 2. The standard InChI is InChI=1S/C24H27N5O6/c1-14(30)29-12-17(35-24(2,3)34-4)11-20(29)22(32)26-16-5-6-19-15(9-16)10-18(21(31)27-19)23(33)28-8-7-25-13-28/h5-10,13,17,20H,11-12H2,1-4H3,(H,26,32)(H,27,31). The second kappa shape index (κ2) is 9.43. The zero-order chi connectivity index (χ0) is 25.3. The summed E-state index contributed by atoms with van der Waals surface area (Å²) in [7, 11) is 1.53. The maximum absolute atomic E-state index is 13.1. The number of benzene rings is 1. The Hall–Kier alpha value is -3.83. The third-order valence-corrected chi connectivity index (χ3v) is 5.99. The number of aromatic amines is 1. The van der Waals surface area contributed by atoms with E-state index in [1.165, 1.54) is 48.3 Å². The van der Waals surface area contributed by atoms with E-state index in [0.29, 0.717) is 23.0 Å². The van der Waals surface area contributed by atoms with E-state index < -0.39 is 23.3 Å². The molecular formula is C24H27N5O6. The molecule has 0 spiro atoms. The van der Waals surface area contributed by atoms with Crippen LogP contribution in [0.25, 0.3) is 10.9 Å². The molecule has 11 heteroatoms. The van der Waals surface area contributed by atoms with Crippen molar-refractivity contribution in [3.05, 3.63) is 58.9 Å². The van der Waals surface area contributed by atoms with Crippen LogP contribution >= 0.6 is 0 Å². The normalized spacial score (nSPS) is 18.1. The van der Waals surface area contributed by atoms with Gasteiger partial charge in [-0.2, -0.15) is 0 Å². The average Bonchev–Trinajstić information content (AvgIpc) is 3.48. The number of carbonyl (C=O) groups is 3. The number of likely N-dealkylation sites (tertiary alicyclic amines) is 1. The summed E-state index contributed by atoms with van der Waals surface area (Å²) in [5.41, 5.74) is 0.386. The average molecular weight is 482 g/mol. The van der Waals surface area contributed by atoms with Gasteiger partial charge in [-0.15, -0.1) is 0 Å². The zero-order valence-electron chi connectivity index (χ0n) is 19.9. The largest absolute Gasteiger partial charge is 0.354 e. The van der Waals surface area contributed by atoms with Gasteiger partial charge in [-0.1, -0.05) is 0 Å². The number of aromatic nitrogens is 3. The summed E-state index contributed by atoms with van der Waals surface area (Å²) >= 11 is 0. The highest BCUT2D eigenvalue weighted by Gasteiger charge is 2.41. The van der Waals surface area contributed by atoms with Gasteiger partial charge in [-0.05, 0) is 38.1 Å². The number of nitrogens with one attached hydrogen (secondary N) is 2. The Labute approximate surface area is 201 Å². The molecule has 3 aromatic rings. The molecule has 11 nitrogen and oxygen atoms in total. The number of methoxy groups -OCH3 is 1. The predicted octanol–water partition coefficient (Wildman–Crippen LogP) is 1.74. The van der Waals surface area contributed by atoms with Gasteiger partial charge in [0.05, 0.1) is 6.10 Å². The van der Waals surface area contributed by atoms with Gasteiger partial charge in [0.1, 0.15) is 17.9 Å². The summed E-state index contributed by atoms with van der Waals surface area (Å²) in [5.74, 6) is -1.96. The number of hydrogen-bond acceptors (Lipinski definition) is 7. The number of anilines is 1. The molecule has 1 fully saturated rings. The Bertz CT molecular complexity index is 1330. The SMILES string of the molecule is COC(C)(C)OC1CC(C(=O)Nc2ccc3[nH]c(=O)c(C(=O)n4ccnc4)cc3c2)N(C(C)=O)C1. The van der Waals surface area contributed by atoms with Gasteiger partial charge >= 0.3 is 0 Å². The van der Waals surface area contributed by atoms with Crippen LogP contribution in [0.3, 0.4) is 0 Å². The Morgan fingerprint density at radius 2 is 2.00 bits per heavy atom. The smallest absolute Gasteiger partial charge is 0.268 e. The maximum atomic E-state index is 13.1. The first-order chi connectivity index (χ1) is 16.6. The topological polar surface area (TPSA) is 136 Å². The van der Waals surface area contributed by atoms with E-state index in [0.717, 1.165) is 0 Å². The molecule has 35 heavy (non-hydrogen) atoms. The first kappa shape index (κ1) is 24.3. The number of amides is 2. The molecule has 2 aromatic heterocycles. The van der Waals surface area contributed by atoms with E-state index in [2.05, 4.69) is 15.3 Å². The molecule has 3 heterocycles. The van der Waals surface area contributed by atoms with Crippen LogP contribution in [0.4, 0.5) is 5.69 Å². The highest BCUT2D eigenvalue weighted by atomic mass is 16.7. The number of imidazole rings is 1. The van der Waals surface area contributed by atoms with Gasteiger partial charge in [0.15, 0.2) is 5.79 Å². The van der Waals surface area contributed by atoms with Crippen molar-refractivity contribution in [2.24, 2.45) is 0 Å². The number of rotatable bonds is 6. The Balaban J connectivity index is 1.56. The molecule has 1 aromatic carbocycles. The lowest BCUT2D eigenvalue weighted by Gasteiger charge is -2.27. The third kappa shape index (κ3) is 5.15. The van der Waals surface area contributed by atoms with Crippen molar-refractivity contribution in [1.82, 2.24) is 19.4 Å². The molecule has 1 saturated heterocycles. The van der Waals surface area contributed by atoms with Crippen LogP contribution in [0.5, 0.6) is 0 Å². The van der Waals surface area contributed by atoms with E-state index in [1.807, 2.05) is 0 Å². The molecule has 2 atom stereocenters. The van der Waals surface area contributed by atoms with Crippen LogP contribution < -0.4 is 10.9 Å². The first-order valence-electron chi connectivity index (χ1n) is 11.1. The lowest BCUT2D eigenvalue weighted by molar-refractivity contribution is -0.220. The molecule has 1 aliphatic rings. The summed E-state index contributed by atoms with van der Waals surface area (Å²) in [6.07, 6.45) is 4.18. The monoisotopic (exact) mass is 481 g/mol. The van der Waals surface area contributed by atoms with Crippen molar-refractivity contribution in [2.45, 2.75) is 45.1 Å². The zero-order valence-corrected chi connectivity index (χ0v) is 19.9. The van der Waals surface area contributed by atoms with Crippen molar-refractivity contribution >= 4 is 34.3 Å². The number of nitrogens with zero attached hydrogens (tertiary/aromatic N) is 3. The number of pyridine rings is 1. The van der Waals surface area contributed by atoms with Crippen molar-refractivity contribution in [2.75, 3.05) is 19.0 Å². The van der Waals surface area contributed by atoms with Gasteiger partial charge < -0.3 is 24.7 Å². The second-order valence-electron chi connectivity index (χ2n) is 8.85. The molecule has 1 aliphatic heterocycles. The van der Waals surface area contributed by atoms with Gasteiger partial charge in [0.25, 0.3) is 11.5 Å². The lowest BCUT2D eigenvalue weighted by Crippen LogP contribution is -2.42. The fourth-order valence-corrected chi connectivity index (χ4v) is 4.12. The molecule has 0 bridgehead atoms. The molecule has 0 aliphatic carbocycles. The van der Waals surface area contributed by atoms with Crippen LogP contribution in [0, 0.1) is 0 Å². The minimum atomic E-state index is -0.848. The molecular weight excluding hydrogens is 454 g/mol. The van der Waals surface area contributed by atoms with Crippen LogP contribution in [-0.2, 0) is 19.1 Å². The number of carbonyl (C=O) groups excluding carboxylic acids is 3. The number of hydrogen-bond donors (Lipinski definition) is 2. The van der Waals surface area contributed by atoms with E-state index in [9.17, 15) is 19.2 Å².